The number of benzene rings is 1. The molecule has 0 atom stereocenters. The third-order valence-electron chi connectivity index (χ3n) is 5.06. The second-order valence-electron chi connectivity index (χ2n) is 7.22. The van der Waals surface area contributed by atoms with Crippen molar-refractivity contribution in [2.75, 3.05) is 43.0 Å². The zero-order chi connectivity index (χ0) is 21.1. The van der Waals surface area contributed by atoms with Gasteiger partial charge in [0.1, 0.15) is 0 Å². The van der Waals surface area contributed by atoms with E-state index < -0.39 is 0 Å². The third kappa shape index (κ3) is 4.10. The average Bonchev–Trinajstić information content (AvgIpc) is 2.76. The van der Waals surface area contributed by atoms with E-state index in [1.807, 2.05) is 13.8 Å². The molecule has 0 bridgehead atoms. The number of aromatic nitrogens is 4. The number of amides is 1. The molecule has 1 aliphatic rings. The summed E-state index contributed by atoms with van der Waals surface area (Å²) in [7, 11) is 0. The molecule has 9 heteroatoms. The Morgan fingerprint density at radius 1 is 1.10 bits per heavy atom. The quantitative estimate of drug-likeness (QED) is 0.705. The van der Waals surface area contributed by atoms with Crippen LogP contribution in [0, 0.1) is 13.8 Å². The lowest BCUT2D eigenvalue weighted by molar-refractivity contribution is 0.105. The fourth-order valence-electron chi connectivity index (χ4n) is 3.38. The van der Waals surface area contributed by atoms with Crippen molar-refractivity contribution in [1.29, 1.82) is 0 Å². The van der Waals surface area contributed by atoms with Gasteiger partial charge in [0.2, 0.25) is 5.95 Å². The van der Waals surface area contributed by atoms with Gasteiger partial charge < -0.3 is 19.9 Å². The number of carbonyl (C=O) groups excluding carboxylic acids is 1. The van der Waals surface area contributed by atoms with E-state index in [9.17, 15) is 4.79 Å². The summed E-state index contributed by atoms with van der Waals surface area (Å²) in [6.07, 6.45) is 2.98. The molecule has 156 valence electrons. The first-order valence-corrected chi connectivity index (χ1v) is 10.0. The Kier molecular flexibility index (Phi) is 5.60. The van der Waals surface area contributed by atoms with Gasteiger partial charge in [-0.3, -0.25) is 0 Å². The van der Waals surface area contributed by atoms with Crippen LogP contribution >= 0.6 is 0 Å². The number of piperazine rings is 1. The van der Waals surface area contributed by atoms with Gasteiger partial charge in [0.05, 0.1) is 6.61 Å². The number of nitrogens with one attached hydrogen (secondary N) is 1. The lowest BCUT2D eigenvalue weighted by atomic mass is 10.1. The number of rotatable bonds is 4. The van der Waals surface area contributed by atoms with Gasteiger partial charge in [-0.25, -0.2) is 14.8 Å². The molecule has 9 nitrogen and oxygen atoms in total. The summed E-state index contributed by atoms with van der Waals surface area (Å²) in [5.41, 5.74) is 4.39. The summed E-state index contributed by atoms with van der Waals surface area (Å²) in [4.78, 5) is 33.9. The highest BCUT2D eigenvalue weighted by Gasteiger charge is 2.24. The van der Waals surface area contributed by atoms with Gasteiger partial charge in [0.15, 0.2) is 17.0 Å². The zero-order valence-electron chi connectivity index (χ0n) is 17.4. The second kappa shape index (κ2) is 8.48. The van der Waals surface area contributed by atoms with Gasteiger partial charge in [-0.2, -0.15) is 9.97 Å². The molecule has 1 aliphatic heterocycles. The van der Waals surface area contributed by atoms with Gasteiger partial charge in [-0.15, -0.1) is 0 Å². The Morgan fingerprint density at radius 3 is 2.63 bits per heavy atom. The van der Waals surface area contributed by atoms with E-state index in [0.717, 1.165) is 16.8 Å². The van der Waals surface area contributed by atoms with Crippen LogP contribution in [0.2, 0.25) is 0 Å². The minimum Gasteiger partial charge on any atom is -0.450 e. The number of hydrogen-bond donors (Lipinski definition) is 1. The molecule has 2 aromatic heterocycles. The van der Waals surface area contributed by atoms with E-state index in [-0.39, 0.29) is 6.09 Å². The summed E-state index contributed by atoms with van der Waals surface area (Å²) in [5, 5.41) is 3.41. The van der Waals surface area contributed by atoms with Crippen LogP contribution in [0.4, 0.5) is 22.2 Å². The number of nitrogens with zero attached hydrogens (tertiary/aromatic N) is 6. The lowest BCUT2D eigenvalue weighted by Gasteiger charge is -2.34. The normalized spacial score (nSPS) is 14.1. The maximum absolute atomic E-state index is 12.0. The summed E-state index contributed by atoms with van der Waals surface area (Å²) in [6.45, 7) is 8.63. The molecule has 3 aromatic rings. The zero-order valence-corrected chi connectivity index (χ0v) is 17.4. The smallest absolute Gasteiger partial charge is 0.409 e. The summed E-state index contributed by atoms with van der Waals surface area (Å²) in [5.74, 6) is 1.18. The van der Waals surface area contributed by atoms with Crippen LogP contribution in [0.25, 0.3) is 11.2 Å². The molecule has 1 saturated heterocycles. The van der Waals surface area contributed by atoms with Crippen molar-refractivity contribution in [3.8, 4) is 0 Å². The van der Waals surface area contributed by atoms with Gasteiger partial charge in [-0.1, -0.05) is 12.1 Å². The van der Waals surface area contributed by atoms with Crippen molar-refractivity contribution in [3.63, 3.8) is 0 Å². The van der Waals surface area contributed by atoms with Crippen molar-refractivity contribution < 1.29 is 9.53 Å². The Hall–Kier alpha value is -3.49. The van der Waals surface area contributed by atoms with E-state index in [2.05, 4.69) is 50.3 Å². The molecule has 1 amide bonds. The van der Waals surface area contributed by atoms with Crippen molar-refractivity contribution in [2.45, 2.75) is 20.8 Å². The fraction of sp³-hybridized carbons (Fsp3) is 0.381. The first-order valence-electron chi connectivity index (χ1n) is 10.0. The number of ether oxygens (including phenoxy) is 1. The predicted octanol–water partition coefficient (Wildman–Crippen LogP) is 3.06. The van der Waals surface area contributed by atoms with E-state index in [1.54, 1.807) is 17.3 Å². The van der Waals surface area contributed by atoms with Crippen molar-refractivity contribution in [2.24, 2.45) is 0 Å². The Morgan fingerprint density at radius 2 is 1.87 bits per heavy atom. The van der Waals surface area contributed by atoms with Crippen LogP contribution < -0.4 is 10.2 Å². The highest BCUT2D eigenvalue weighted by atomic mass is 16.6. The van der Waals surface area contributed by atoms with E-state index in [0.29, 0.717) is 55.7 Å². The molecule has 0 aliphatic carbocycles. The minimum atomic E-state index is -0.278. The SMILES string of the molecule is CCOC(=O)N1CCN(c2nc(Nc3cc(C)ccc3C)c3nccnc3n2)CC1. The molecule has 0 radical (unpaired) electrons. The second-order valence-corrected chi connectivity index (χ2v) is 7.22. The monoisotopic (exact) mass is 407 g/mol. The molecule has 0 spiro atoms. The Bertz CT molecular complexity index is 1060. The highest BCUT2D eigenvalue weighted by Crippen LogP contribution is 2.26. The molecule has 1 fully saturated rings. The average molecular weight is 407 g/mol. The summed E-state index contributed by atoms with van der Waals surface area (Å²) >= 11 is 0. The van der Waals surface area contributed by atoms with Gasteiger partial charge in [-0.05, 0) is 38.0 Å². The Balaban J connectivity index is 1.62. The fourth-order valence-corrected chi connectivity index (χ4v) is 3.38. The molecular weight excluding hydrogens is 382 g/mol. The van der Waals surface area contributed by atoms with Crippen molar-refractivity contribution in [3.05, 3.63) is 41.7 Å². The molecule has 4 rings (SSSR count). The van der Waals surface area contributed by atoms with Crippen LogP contribution in [-0.4, -0.2) is 63.7 Å². The highest BCUT2D eigenvalue weighted by molar-refractivity contribution is 5.86. The standard InChI is InChI=1S/C21H25N7O2/c1-4-30-21(29)28-11-9-27(10-12-28)20-25-18-17(22-7-8-23-18)19(26-20)24-16-13-14(2)5-6-15(16)3/h5-8,13H,4,9-12H2,1-3H3,(H,23,24,25,26). The van der Waals surface area contributed by atoms with Crippen LogP contribution in [-0.2, 0) is 4.74 Å². The topological polar surface area (TPSA) is 96.4 Å². The molecule has 0 saturated carbocycles. The third-order valence-corrected chi connectivity index (χ3v) is 5.06. The molecule has 30 heavy (non-hydrogen) atoms. The Labute approximate surface area is 175 Å². The largest absolute Gasteiger partial charge is 0.450 e. The van der Waals surface area contributed by atoms with E-state index in [1.165, 1.54) is 0 Å². The maximum atomic E-state index is 12.0. The summed E-state index contributed by atoms with van der Waals surface area (Å²) in [6, 6.07) is 6.23. The summed E-state index contributed by atoms with van der Waals surface area (Å²) < 4.78 is 5.10. The van der Waals surface area contributed by atoms with Crippen LogP contribution in [0.15, 0.2) is 30.6 Å². The number of anilines is 3. The first-order chi connectivity index (χ1) is 14.5. The maximum Gasteiger partial charge on any atom is 0.409 e. The van der Waals surface area contributed by atoms with E-state index >= 15 is 0 Å². The number of aryl methyl sites for hydroxylation is 2. The first kappa shape index (κ1) is 19.8. The molecule has 0 unspecified atom stereocenters. The minimum absolute atomic E-state index is 0.278. The number of carbonyl (C=O) groups is 1. The van der Waals surface area contributed by atoms with Crippen LogP contribution in [0.5, 0.6) is 0 Å². The molecule has 1 N–H and O–H groups in total. The predicted molar refractivity (Wildman–Crippen MR) is 115 cm³/mol. The van der Waals surface area contributed by atoms with Crippen molar-refractivity contribution in [1.82, 2.24) is 24.8 Å². The molecule has 1 aromatic carbocycles. The van der Waals surface area contributed by atoms with E-state index in [4.69, 9.17) is 9.72 Å². The number of fused-ring (bicyclic) bond motifs is 1. The molecular formula is C21H25N7O2. The van der Waals surface area contributed by atoms with Gasteiger partial charge in [0, 0.05) is 44.3 Å². The van der Waals surface area contributed by atoms with Gasteiger partial charge in [0.25, 0.3) is 0 Å². The number of hydrogen-bond acceptors (Lipinski definition) is 8. The van der Waals surface area contributed by atoms with Crippen LogP contribution in [0.3, 0.4) is 0 Å². The molecule has 3 heterocycles. The van der Waals surface area contributed by atoms with Crippen LogP contribution in [0.1, 0.15) is 18.1 Å². The van der Waals surface area contributed by atoms with Crippen molar-refractivity contribution >= 4 is 34.7 Å². The van der Waals surface area contributed by atoms with Gasteiger partial charge >= 0.3 is 6.09 Å². The lowest BCUT2D eigenvalue weighted by Crippen LogP contribution is -2.49.